The third kappa shape index (κ3) is 3.70. The Morgan fingerprint density at radius 1 is 1.07 bits per heavy atom. The maximum Gasteiger partial charge on any atom is 0.293 e. The Bertz CT molecular complexity index is 1050. The lowest BCUT2D eigenvalue weighted by Gasteiger charge is -2.12. The van der Waals surface area contributed by atoms with Gasteiger partial charge in [-0.15, -0.1) is 0 Å². The smallest absolute Gasteiger partial charge is 0.293 e. The first-order chi connectivity index (χ1) is 13.6. The highest BCUT2D eigenvalue weighted by molar-refractivity contribution is 8.18. The van der Waals surface area contributed by atoms with E-state index >= 15 is 0 Å². The zero-order valence-electron chi connectivity index (χ0n) is 14.8. The van der Waals surface area contributed by atoms with E-state index in [9.17, 15) is 14.4 Å². The molecule has 1 fully saturated rings. The van der Waals surface area contributed by atoms with Gasteiger partial charge in [0.25, 0.3) is 17.1 Å². The Hall–Kier alpha value is -3.32. The van der Waals surface area contributed by atoms with Crippen LogP contribution in [0.15, 0.2) is 70.0 Å². The number of hydrogen-bond donors (Lipinski definition) is 1. The van der Waals surface area contributed by atoms with E-state index in [0.717, 1.165) is 27.6 Å². The fourth-order valence-electron chi connectivity index (χ4n) is 2.86. The van der Waals surface area contributed by atoms with E-state index < -0.39 is 0 Å². The molecular formula is C21H16N2O4S. The lowest BCUT2D eigenvalue weighted by atomic mass is 10.2. The van der Waals surface area contributed by atoms with Gasteiger partial charge in [0.05, 0.1) is 4.91 Å². The van der Waals surface area contributed by atoms with Crippen LogP contribution in [0, 0.1) is 0 Å². The Morgan fingerprint density at radius 2 is 1.82 bits per heavy atom. The summed E-state index contributed by atoms with van der Waals surface area (Å²) in [6, 6.07) is 18.3. The molecule has 0 atom stereocenters. The number of nitrogens with one attached hydrogen (secondary N) is 1. The molecule has 1 aromatic heterocycles. The molecule has 0 bridgehead atoms. The summed E-state index contributed by atoms with van der Waals surface area (Å²) >= 11 is 0.902. The molecule has 140 valence electrons. The number of imide groups is 1. The van der Waals surface area contributed by atoms with Gasteiger partial charge in [0.2, 0.25) is 0 Å². The van der Waals surface area contributed by atoms with Gasteiger partial charge in [-0.1, -0.05) is 48.5 Å². The predicted octanol–water partition coefficient (Wildman–Crippen LogP) is 3.90. The van der Waals surface area contributed by atoms with E-state index in [-0.39, 0.29) is 35.9 Å². The Labute approximate surface area is 165 Å². The van der Waals surface area contributed by atoms with Crippen LogP contribution in [0.5, 0.6) is 0 Å². The highest BCUT2D eigenvalue weighted by Gasteiger charge is 2.34. The van der Waals surface area contributed by atoms with Crippen molar-refractivity contribution >= 4 is 45.9 Å². The molecule has 0 radical (unpaired) electrons. The van der Waals surface area contributed by atoms with Gasteiger partial charge in [0, 0.05) is 18.5 Å². The number of carbonyl (C=O) groups is 3. The van der Waals surface area contributed by atoms with E-state index in [1.54, 1.807) is 18.2 Å². The highest BCUT2D eigenvalue weighted by Crippen LogP contribution is 2.31. The molecule has 28 heavy (non-hydrogen) atoms. The van der Waals surface area contributed by atoms with Crippen LogP contribution >= 0.6 is 11.8 Å². The summed E-state index contributed by atoms with van der Waals surface area (Å²) in [5, 5.41) is 3.18. The van der Waals surface area contributed by atoms with Gasteiger partial charge in [-0.05, 0) is 35.5 Å². The zero-order chi connectivity index (χ0) is 19.5. The van der Waals surface area contributed by atoms with Gasteiger partial charge in [0.1, 0.15) is 5.58 Å². The second-order valence-corrected chi connectivity index (χ2v) is 7.14. The molecule has 3 aromatic rings. The maximum absolute atomic E-state index is 12.5. The zero-order valence-corrected chi connectivity index (χ0v) is 15.6. The van der Waals surface area contributed by atoms with Crippen LogP contribution in [-0.2, 0) is 4.79 Å². The second-order valence-electron chi connectivity index (χ2n) is 6.15. The van der Waals surface area contributed by atoms with Crippen molar-refractivity contribution in [1.82, 2.24) is 10.2 Å². The number of carbonyl (C=O) groups excluding carboxylic acids is 3. The van der Waals surface area contributed by atoms with Crippen molar-refractivity contribution < 1.29 is 18.8 Å². The molecule has 0 saturated carbocycles. The second kappa shape index (κ2) is 7.74. The highest BCUT2D eigenvalue weighted by atomic mass is 32.2. The minimum atomic E-state index is -0.386. The lowest BCUT2D eigenvalue weighted by molar-refractivity contribution is -0.122. The average Bonchev–Trinajstić information content (AvgIpc) is 3.25. The molecule has 3 amide bonds. The Balaban J connectivity index is 1.37. The van der Waals surface area contributed by atoms with Crippen LogP contribution in [-0.4, -0.2) is 35.0 Å². The number of benzene rings is 2. The minimum absolute atomic E-state index is 0.1000. The first-order valence-corrected chi connectivity index (χ1v) is 9.51. The number of hydrogen-bond acceptors (Lipinski definition) is 5. The summed E-state index contributed by atoms with van der Waals surface area (Å²) in [6.07, 6.45) is 1.69. The van der Waals surface area contributed by atoms with Crippen LogP contribution < -0.4 is 5.32 Å². The van der Waals surface area contributed by atoms with E-state index in [0.29, 0.717) is 10.5 Å². The minimum Gasteiger partial charge on any atom is -0.451 e. The molecule has 6 nitrogen and oxygen atoms in total. The summed E-state index contributed by atoms with van der Waals surface area (Å²) < 4.78 is 5.51. The summed E-state index contributed by atoms with van der Waals surface area (Å²) in [4.78, 5) is 38.4. The first kappa shape index (κ1) is 18.1. The molecule has 1 aliphatic rings. The molecule has 0 unspecified atom stereocenters. The Kier molecular flexibility index (Phi) is 4.99. The quantitative estimate of drug-likeness (QED) is 0.666. The van der Waals surface area contributed by atoms with E-state index in [1.165, 1.54) is 0 Å². The standard InChI is InChI=1S/C21H16N2O4S/c24-19(17-13-15-8-4-5-9-16(15)27-17)22-10-11-23-20(25)18(28-21(23)26)12-14-6-2-1-3-7-14/h1-9,12-13H,10-11H2,(H,22,24)/b18-12+. The van der Waals surface area contributed by atoms with Crippen LogP contribution in [0.3, 0.4) is 0 Å². The van der Waals surface area contributed by atoms with Crippen molar-refractivity contribution in [2.75, 3.05) is 13.1 Å². The van der Waals surface area contributed by atoms with Crippen molar-refractivity contribution in [1.29, 1.82) is 0 Å². The molecule has 1 saturated heterocycles. The van der Waals surface area contributed by atoms with Gasteiger partial charge in [-0.2, -0.15) is 0 Å². The summed E-state index contributed by atoms with van der Waals surface area (Å²) in [5.41, 5.74) is 1.48. The van der Waals surface area contributed by atoms with Gasteiger partial charge in [-0.25, -0.2) is 0 Å². The topological polar surface area (TPSA) is 79.6 Å². The molecule has 1 aliphatic heterocycles. The molecule has 7 heteroatoms. The van der Waals surface area contributed by atoms with Crippen molar-refractivity contribution in [3.8, 4) is 0 Å². The Morgan fingerprint density at radius 3 is 2.61 bits per heavy atom. The largest absolute Gasteiger partial charge is 0.451 e. The number of rotatable bonds is 5. The molecule has 1 N–H and O–H groups in total. The number of amides is 3. The van der Waals surface area contributed by atoms with E-state index in [4.69, 9.17) is 4.42 Å². The molecule has 0 spiro atoms. The first-order valence-electron chi connectivity index (χ1n) is 8.69. The van der Waals surface area contributed by atoms with Gasteiger partial charge in [0.15, 0.2) is 5.76 Å². The fraction of sp³-hybridized carbons (Fsp3) is 0.0952. The van der Waals surface area contributed by atoms with Crippen LogP contribution in [0.1, 0.15) is 16.1 Å². The molecule has 0 aliphatic carbocycles. The summed E-state index contributed by atoms with van der Waals surface area (Å²) in [7, 11) is 0. The predicted molar refractivity (Wildman–Crippen MR) is 108 cm³/mol. The molecule has 2 aromatic carbocycles. The molecule has 4 rings (SSSR count). The third-order valence-corrected chi connectivity index (χ3v) is 5.15. The van der Waals surface area contributed by atoms with Crippen LogP contribution in [0.2, 0.25) is 0 Å². The van der Waals surface area contributed by atoms with Gasteiger partial charge in [-0.3, -0.25) is 19.3 Å². The number of fused-ring (bicyclic) bond motifs is 1. The van der Waals surface area contributed by atoms with Gasteiger partial charge < -0.3 is 9.73 Å². The molecular weight excluding hydrogens is 376 g/mol. The van der Waals surface area contributed by atoms with Crippen molar-refractivity contribution in [3.05, 3.63) is 76.9 Å². The van der Waals surface area contributed by atoms with Gasteiger partial charge >= 0.3 is 0 Å². The van der Waals surface area contributed by atoms with E-state index in [1.807, 2.05) is 48.5 Å². The number of furan rings is 1. The normalized spacial score (nSPS) is 15.6. The van der Waals surface area contributed by atoms with Crippen LogP contribution in [0.4, 0.5) is 4.79 Å². The average molecular weight is 392 g/mol. The fourth-order valence-corrected chi connectivity index (χ4v) is 3.72. The van der Waals surface area contributed by atoms with Crippen molar-refractivity contribution in [3.63, 3.8) is 0 Å². The summed E-state index contributed by atoms with van der Waals surface area (Å²) in [6.45, 7) is 0.245. The lowest BCUT2D eigenvalue weighted by Crippen LogP contribution is -2.37. The van der Waals surface area contributed by atoms with Crippen molar-refractivity contribution in [2.45, 2.75) is 0 Å². The summed E-state index contributed by atoms with van der Waals surface area (Å²) in [5.74, 6) is -0.542. The number of para-hydroxylation sites is 1. The van der Waals surface area contributed by atoms with Crippen LogP contribution in [0.25, 0.3) is 17.0 Å². The third-order valence-electron chi connectivity index (χ3n) is 4.24. The maximum atomic E-state index is 12.5. The molecule has 2 heterocycles. The number of nitrogens with zero attached hydrogens (tertiary/aromatic N) is 1. The SMILES string of the molecule is O=C(NCCN1C(=O)S/C(=C/c2ccccc2)C1=O)c1cc2ccccc2o1. The number of thioether (sulfide) groups is 1. The van der Waals surface area contributed by atoms with Crippen molar-refractivity contribution in [2.24, 2.45) is 0 Å². The monoisotopic (exact) mass is 392 g/mol. The van der Waals surface area contributed by atoms with E-state index in [2.05, 4.69) is 5.32 Å².